The first-order valence-electron chi connectivity index (χ1n) is 48.8. The summed E-state index contributed by atoms with van der Waals surface area (Å²) < 4.78 is 1.49. The van der Waals surface area contributed by atoms with Gasteiger partial charge in [-0.1, -0.05) is 322 Å². The fraction of sp³-hybridized carbons (Fsp3) is 0.228. The van der Waals surface area contributed by atoms with Crippen molar-refractivity contribution in [1.82, 2.24) is 0 Å². The molecule has 10 heteroatoms. The molecule has 0 unspecified atom stereocenters. The second kappa shape index (κ2) is 44.4. The highest BCUT2D eigenvalue weighted by Crippen LogP contribution is 2.55. The van der Waals surface area contributed by atoms with Gasteiger partial charge < -0.3 is 34.3 Å². The van der Waals surface area contributed by atoms with Crippen molar-refractivity contribution in [2.75, 3.05) is 101 Å². The minimum atomic E-state index is 1.22. The Hall–Kier alpha value is -13.1. The maximum Gasteiger partial charge on any atom is 0.0488 e. The highest BCUT2D eigenvalue weighted by molar-refractivity contribution is 8.23. The molecule has 0 aromatic heterocycles. The number of benzene rings is 14. The average Bonchev–Trinajstić information content (AvgIpc) is 0.772. The molecule has 14 aromatic carbocycles. The molecular weight excluding hydrogens is 1720 g/mol. The molecule has 22 rings (SSSR count). The van der Waals surface area contributed by atoms with Crippen LogP contribution >= 0.6 is 35.3 Å². The van der Waals surface area contributed by atoms with E-state index < -0.39 is 0 Å². The summed E-state index contributed by atoms with van der Waals surface area (Å²) in [5.41, 5.74) is 53.4. The molecule has 137 heavy (non-hydrogen) atoms. The number of anilines is 14. The van der Waals surface area contributed by atoms with Crippen LogP contribution in [0.15, 0.2) is 377 Å². The number of thioether (sulfide) groups is 3. The van der Waals surface area contributed by atoms with Crippen LogP contribution in [0.1, 0.15) is 206 Å². The summed E-state index contributed by atoms with van der Waals surface area (Å²) in [6, 6.07) is 121. The van der Waals surface area contributed by atoms with E-state index in [2.05, 4.69) is 506 Å². The van der Waals surface area contributed by atoms with Crippen LogP contribution in [0.3, 0.4) is 0 Å². The zero-order valence-electron chi connectivity index (χ0n) is 83.8. The van der Waals surface area contributed by atoms with Gasteiger partial charge in [-0.3, -0.25) is 0 Å². The van der Waals surface area contributed by atoms with Crippen molar-refractivity contribution in [3.8, 4) is 0 Å². The van der Waals surface area contributed by atoms with Crippen molar-refractivity contribution in [2.24, 2.45) is 0 Å². The summed E-state index contributed by atoms with van der Waals surface area (Å²) >= 11 is 6.08. The Morgan fingerprint density at radius 1 is 0.212 bits per heavy atom. The number of allylic oxidation sites excluding steroid dienone is 6. The van der Waals surface area contributed by atoms with Crippen LogP contribution in [0.25, 0.3) is 39.0 Å². The average molecular weight is 1850 g/mol. The molecule has 8 aliphatic rings. The van der Waals surface area contributed by atoms with Gasteiger partial charge in [0.05, 0.1) is 0 Å². The Labute approximate surface area is 831 Å². The number of hydrogen-bond acceptors (Lipinski definition) is 10. The van der Waals surface area contributed by atoms with Gasteiger partial charge in [0.2, 0.25) is 0 Å². The first-order valence-corrected chi connectivity index (χ1v) is 51.7. The lowest BCUT2D eigenvalue weighted by Crippen LogP contribution is -2.18. The van der Waals surface area contributed by atoms with Crippen LogP contribution in [0.4, 0.5) is 79.6 Å². The second-order valence-corrected chi connectivity index (χ2v) is 41.1. The topological polar surface area (TPSA) is 22.7 Å². The molecule has 8 heterocycles. The molecule has 694 valence electrons. The van der Waals surface area contributed by atoms with E-state index in [-0.39, 0.29) is 0 Å². The first kappa shape index (κ1) is 97.0. The number of para-hydroxylation sites is 14. The lowest BCUT2D eigenvalue weighted by molar-refractivity contribution is 0.627. The van der Waals surface area contributed by atoms with Crippen molar-refractivity contribution in [3.63, 3.8) is 0 Å². The molecule has 0 bridgehead atoms. The lowest BCUT2D eigenvalue weighted by atomic mass is 9.88. The van der Waals surface area contributed by atoms with Crippen molar-refractivity contribution < 1.29 is 0 Å². The van der Waals surface area contributed by atoms with Crippen LogP contribution < -0.4 is 34.3 Å². The number of fused-ring (bicyclic) bond motifs is 14. The Morgan fingerprint density at radius 3 is 0.562 bits per heavy atom. The first-order chi connectivity index (χ1) is 66.6. The molecule has 1 fully saturated rings. The summed E-state index contributed by atoms with van der Waals surface area (Å²) in [6.45, 7) is 26.5. The van der Waals surface area contributed by atoms with E-state index in [0.717, 1.165) is 0 Å². The molecule has 14 aromatic rings. The maximum atomic E-state index is 2.32. The summed E-state index contributed by atoms with van der Waals surface area (Å²) in [5.74, 6) is 3.71. The highest BCUT2D eigenvalue weighted by Gasteiger charge is 2.33. The van der Waals surface area contributed by atoms with Crippen molar-refractivity contribution in [2.45, 2.75) is 128 Å². The SMILES string of the molecule is CC(C)=C1c2ccccc2N(C)c2ccccc21.CC(C)=C1c2ccccc2N(C)c2ccccc21.CC(C)=C1c2ccccc2N(C)c2ccccc21.CC(C)=C1c2ccccc2N(C)c2ccccc21.CC(C)=C1c2ccccc2N(C)c2ccccc21.CCCCCCCCSC(C)=C1c2ccccc2N(C)c2ccccc21.CN1c2ccccc2C(=C2SCCCS2)c2ccccc21. The van der Waals surface area contributed by atoms with Gasteiger partial charge in [-0.2, -0.15) is 0 Å². The zero-order valence-corrected chi connectivity index (χ0v) is 86.2. The summed E-state index contributed by atoms with van der Waals surface area (Å²) in [4.78, 5) is 17.5. The van der Waals surface area contributed by atoms with Crippen LogP contribution in [-0.4, -0.2) is 66.6 Å². The molecule has 0 aliphatic carbocycles. The number of nitrogens with zero attached hydrogens (tertiary/aromatic N) is 7. The van der Waals surface area contributed by atoms with Gasteiger partial charge in [0.15, 0.2) is 0 Å². The molecule has 7 nitrogen and oxygen atoms in total. The quantitative estimate of drug-likeness (QED) is 0.137. The smallest absolute Gasteiger partial charge is 0.0488 e. The van der Waals surface area contributed by atoms with Crippen molar-refractivity contribution >= 4 is 154 Å². The molecular formula is C127H133N7S3. The third-order valence-corrected chi connectivity index (χ3v) is 30.9. The minimum absolute atomic E-state index is 1.22. The molecule has 0 spiro atoms. The van der Waals surface area contributed by atoms with E-state index in [4.69, 9.17) is 0 Å². The molecule has 0 radical (unpaired) electrons. The van der Waals surface area contributed by atoms with Crippen LogP contribution in [0.5, 0.6) is 0 Å². The van der Waals surface area contributed by atoms with Crippen LogP contribution in [-0.2, 0) is 0 Å². The molecule has 0 atom stereocenters. The van der Waals surface area contributed by atoms with E-state index >= 15 is 0 Å². The van der Waals surface area contributed by atoms with Gasteiger partial charge in [0, 0.05) is 222 Å². The monoisotopic (exact) mass is 1850 g/mol. The van der Waals surface area contributed by atoms with Gasteiger partial charge in [-0.15, -0.1) is 35.3 Å². The van der Waals surface area contributed by atoms with Crippen molar-refractivity contribution in [3.05, 3.63) is 455 Å². The number of hydrogen-bond donors (Lipinski definition) is 0. The Bertz CT molecular complexity index is 5970. The summed E-state index contributed by atoms with van der Waals surface area (Å²) in [6.07, 6.45) is 9.50. The fourth-order valence-corrected chi connectivity index (χ4v) is 24.4. The molecule has 1 saturated heterocycles. The summed E-state index contributed by atoms with van der Waals surface area (Å²) in [5, 5.41) is 0. The van der Waals surface area contributed by atoms with E-state index in [1.165, 1.54) is 296 Å². The Kier molecular flexibility index (Phi) is 31.4. The molecule has 0 saturated carbocycles. The fourth-order valence-electron chi connectivity index (χ4n) is 20.7. The van der Waals surface area contributed by atoms with Crippen LogP contribution in [0, 0.1) is 0 Å². The van der Waals surface area contributed by atoms with E-state index in [9.17, 15) is 0 Å². The normalized spacial score (nSPS) is 13.7. The Balaban J connectivity index is 0.000000116. The number of rotatable bonds is 8. The standard InChI is InChI=1S/C24H31NS.C18H17NS2.5C17H17N/c1-4-5-6-7-8-13-18-26-19(2)24-20-14-9-11-16-22(20)25(3)23-17-12-10-15-21(23)24;1-19-15-9-4-2-7-13(15)17(18-20-11-6-12-21-18)14-8-3-5-10-16(14)19;5*1-12(2)17-13-8-4-6-10-15(13)18(3)16-11-7-5-9-14(16)17/h9-12,14-17H,4-8,13,18H2,1-3H3;2-5,7-10H,6,11-12H2,1H3;5*4-11H,1-3H3. The maximum absolute atomic E-state index is 2.32. The van der Waals surface area contributed by atoms with Gasteiger partial charge in [0.25, 0.3) is 0 Å². The minimum Gasteiger partial charge on any atom is -0.344 e. The van der Waals surface area contributed by atoms with Crippen molar-refractivity contribution in [1.29, 1.82) is 0 Å². The lowest BCUT2D eigenvalue weighted by Gasteiger charge is -2.33. The number of unbranched alkanes of at least 4 members (excludes halogenated alkanes) is 5. The van der Waals surface area contributed by atoms with E-state index in [1.807, 2.05) is 35.3 Å². The molecule has 0 amide bonds. The highest BCUT2D eigenvalue weighted by atomic mass is 32.2. The third-order valence-electron chi connectivity index (χ3n) is 27.1. The summed E-state index contributed by atoms with van der Waals surface area (Å²) in [7, 11) is 15.0. The predicted molar refractivity (Wildman–Crippen MR) is 607 cm³/mol. The van der Waals surface area contributed by atoms with Gasteiger partial charge in [0.1, 0.15) is 0 Å². The Morgan fingerprint density at radius 2 is 0.372 bits per heavy atom. The largest absolute Gasteiger partial charge is 0.344 e. The third kappa shape index (κ3) is 20.2. The van der Waals surface area contributed by atoms with Gasteiger partial charge in [-0.25, -0.2) is 0 Å². The molecule has 8 aliphatic heterocycles. The molecule has 0 N–H and O–H groups in total. The van der Waals surface area contributed by atoms with Gasteiger partial charge >= 0.3 is 0 Å². The van der Waals surface area contributed by atoms with E-state index in [0.29, 0.717) is 0 Å². The predicted octanol–water partition coefficient (Wildman–Crippen LogP) is 36.0. The zero-order chi connectivity index (χ0) is 96.1. The second-order valence-electron chi connectivity index (χ2n) is 37.3. The van der Waals surface area contributed by atoms with E-state index in [1.54, 1.807) is 0 Å². The van der Waals surface area contributed by atoms with Crippen LogP contribution in [0.2, 0.25) is 0 Å². The van der Waals surface area contributed by atoms with Gasteiger partial charge in [-0.05, 0) is 224 Å².